The maximum atomic E-state index is 11.4. The second kappa shape index (κ2) is 6.20. The summed E-state index contributed by atoms with van der Waals surface area (Å²) < 4.78 is 22.7. The molecule has 0 aliphatic carbocycles. The molecule has 1 aromatic carbocycles. The molecule has 0 aliphatic heterocycles. The van der Waals surface area contributed by atoms with Crippen LogP contribution in [0, 0.1) is 22.0 Å². The summed E-state index contributed by atoms with van der Waals surface area (Å²) in [6.45, 7) is 2.17. The first kappa shape index (κ1) is 15.0. The van der Waals surface area contributed by atoms with Gasteiger partial charge in [-0.05, 0) is 19.1 Å². The molecule has 0 spiro atoms. The SMILES string of the molecule is CC#CCCNc1ccc(S(C)(=O)=O)cc1[N+](=O)[O-]. The first-order chi connectivity index (χ1) is 8.86. The summed E-state index contributed by atoms with van der Waals surface area (Å²) in [5, 5.41) is 13.8. The molecule has 0 unspecified atom stereocenters. The Morgan fingerprint density at radius 2 is 2.11 bits per heavy atom. The van der Waals surface area contributed by atoms with E-state index in [4.69, 9.17) is 0 Å². The highest BCUT2D eigenvalue weighted by molar-refractivity contribution is 7.90. The van der Waals surface area contributed by atoms with Crippen molar-refractivity contribution in [1.29, 1.82) is 0 Å². The Morgan fingerprint density at radius 1 is 1.42 bits per heavy atom. The van der Waals surface area contributed by atoms with Crippen LogP contribution in [0.3, 0.4) is 0 Å². The van der Waals surface area contributed by atoms with Crippen molar-refractivity contribution >= 4 is 21.2 Å². The summed E-state index contributed by atoms with van der Waals surface area (Å²) in [6, 6.07) is 3.80. The van der Waals surface area contributed by atoms with Gasteiger partial charge in [-0.15, -0.1) is 11.8 Å². The highest BCUT2D eigenvalue weighted by Gasteiger charge is 2.18. The van der Waals surface area contributed by atoms with Gasteiger partial charge in [0.2, 0.25) is 0 Å². The Morgan fingerprint density at radius 3 is 2.63 bits per heavy atom. The molecule has 1 rings (SSSR count). The molecule has 0 aliphatic rings. The highest BCUT2D eigenvalue weighted by Crippen LogP contribution is 2.27. The third kappa shape index (κ3) is 4.26. The van der Waals surface area contributed by atoms with E-state index in [9.17, 15) is 18.5 Å². The minimum atomic E-state index is -3.46. The van der Waals surface area contributed by atoms with Crippen LogP contribution < -0.4 is 5.32 Å². The van der Waals surface area contributed by atoms with Crippen molar-refractivity contribution in [3.05, 3.63) is 28.3 Å². The lowest BCUT2D eigenvalue weighted by Crippen LogP contribution is -2.05. The Hall–Kier alpha value is -2.07. The van der Waals surface area contributed by atoms with E-state index in [0.29, 0.717) is 13.0 Å². The van der Waals surface area contributed by atoms with E-state index in [1.807, 2.05) is 0 Å². The Labute approximate surface area is 111 Å². The number of nitrogens with zero attached hydrogens (tertiary/aromatic N) is 1. The van der Waals surface area contributed by atoms with Gasteiger partial charge in [0, 0.05) is 25.3 Å². The number of nitro groups is 1. The summed E-state index contributed by atoms with van der Waals surface area (Å²) >= 11 is 0. The van der Waals surface area contributed by atoms with Gasteiger partial charge in [0.1, 0.15) is 5.69 Å². The fourth-order valence-electron chi connectivity index (χ4n) is 1.43. The van der Waals surface area contributed by atoms with Gasteiger partial charge in [0.15, 0.2) is 9.84 Å². The zero-order valence-electron chi connectivity index (χ0n) is 10.6. The lowest BCUT2D eigenvalue weighted by atomic mass is 10.2. The number of hydrogen-bond donors (Lipinski definition) is 1. The van der Waals surface area contributed by atoms with Crippen molar-refractivity contribution in [1.82, 2.24) is 0 Å². The van der Waals surface area contributed by atoms with E-state index < -0.39 is 14.8 Å². The minimum absolute atomic E-state index is 0.0712. The third-order valence-electron chi connectivity index (χ3n) is 2.34. The van der Waals surface area contributed by atoms with E-state index in [2.05, 4.69) is 17.2 Å². The molecule has 7 heteroatoms. The summed E-state index contributed by atoms with van der Waals surface area (Å²) in [5.41, 5.74) is 0.0303. The van der Waals surface area contributed by atoms with Crippen LogP contribution >= 0.6 is 0 Å². The normalized spacial score (nSPS) is 10.4. The first-order valence-electron chi connectivity index (χ1n) is 5.48. The molecule has 1 aromatic rings. The summed E-state index contributed by atoms with van der Waals surface area (Å²) in [6.07, 6.45) is 1.57. The molecule has 0 aromatic heterocycles. The van der Waals surface area contributed by atoms with E-state index in [1.54, 1.807) is 6.92 Å². The molecule has 19 heavy (non-hydrogen) atoms. The maximum Gasteiger partial charge on any atom is 0.293 e. The van der Waals surface area contributed by atoms with E-state index >= 15 is 0 Å². The Kier molecular flexibility index (Phi) is 4.89. The van der Waals surface area contributed by atoms with Crippen molar-refractivity contribution in [2.45, 2.75) is 18.2 Å². The molecule has 6 nitrogen and oxygen atoms in total. The average molecular weight is 282 g/mol. The summed E-state index contributed by atoms with van der Waals surface area (Å²) in [4.78, 5) is 10.3. The van der Waals surface area contributed by atoms with E-state index in [0.717, 1.165) is 12.3 Å². The fraction of sp³-hybridized carbons (Fsp3) is 0.333. The monoisotopic (exact) mass is 282 g/mol. The second-order valence-electron chi connectivity index (χ2n) is 3.81. The van der Waals surface area contributed by atoms with Crippen molar-refractivity contribution in [2.75, 3.05) is 18.1 Å². The largest absolute Gasteiger partial charge is 0.379 e. The average Bonchev–Trinajstić information content (AvgIpc) is 2.33. The predicted octanol–water partition coefficient (Wildman–Crippen LogP) is 1.82. The number of anilines is 1. The highest BCUT2D eigenvalue weighted by atomic mass is 32.2. The Balaban J connectivity index is 3.04. The van der Waals surface area contributed by atoms with Gasteiger partial charge in [-0.1, -0.05) is 0 Å². The van der Waals surface area contributed by atoms with Crippen molar-refractivity contribution in [2.24, 2.45) is 0 Å². The molecule has 0 saturated carbocycles. The van der Waals surface area contributed by atoms with Crippen LogP contribution in [0.15, 0.2) is 23.1 Å². The first-order valence-corrected chi connectivity index (χ1v) is 7.37. The number of nitro benzene ring substituents is 1. The fourth-order valence-corrected chi connectivity index (χ4v) is 2.07. The van der Waals surface area contributed by atoms with Crippen molar-refractivity contribution < 1.29 is 13.3 Å². The van der Waals surface area contributed by atoms with E-state index in [1.165, 1.54) is 12.1 Å². The molecule has 0 bridgehead atoms. The molecule has 0 atom stereocenters. The maximum absolute atomic E-state index is 11.4. The quantitative estimate of drug-likeness (QED) is 0.385. The standard InChI is InChI=1S/C12H14N2O4S/c1-3-4-5-8-13-11-7-6-10(19(2,17)18)9-12(11)14(15)16/h6-7,9,13H,5,8H2,1-2H3. The molecule has 0 saturated heterocycles. The van der Waals surface area contributed by atoms with Crippen LogP contribution in [0.4, 0.5) is 11.4 Å². The van der Waals surface area contributed by atoms with Crippen LogP contribution in [0.5, 0.6) is 0 Å². The molecular weight excluding hydrogens is 268 g/mol. The van der Waals surface area contributed by atoms with Crippen molar-refractivity contribution in [3.8, 4) is 11.8 Å². The molecule has 1 N–H and O–H groups in total. The molecule has 0 radical (unpaired) electrons. The number of hydrogen-bond acceptors (Lipinski definition) is 5. The molecule has 102 valence electrons. The molecular formula is C12H14N2O4S. The topological polar surface area (TPSA) is 89.3 Å². The Bertz CT molecular complexity index is 641. The van der Waals surface area contributed by atoms with Gasteiger partial charge in [0.05, 0.1) is 9.82 Å². The number of nitrogens with one attached hydrogen (secondary N) is 1. The van der Waals surface area contributed by atoms with Crippen LogP contribution in [0.2, 0.25) is 0 Å². The minimum Gasteiger partial charge on any atom is -0.379 e. The zero-order valence-corrected chi connectivity index (χ0v) is 11.5. The smallest absolute Gasteiger partial charge is 0.293 e. The lowest BCUT2D eigenvalue weighted by Gasteiger charge is -2.06. The molecule has 0 heterocycles. The number of benzene rings is 1. The van der Waals surface area contributed by atoms with E-state index in [-0.39, 0.29) is 16.3 Å². The molecule has 0 amide bonds. The van der Waals surface area contributed by atoms with Gasteiger partial charge in [-0.2, -0.15) is 0 Å². The summed E-state index contributed by atoms with van der Waals surface area (Å²) in [5.74, 6) is 5.54. The van der Waals surface area contributed by atoms with Gasteiger partial charge in [0.25, 0.3) is 5.69 Å². The van der Waals surface area contributed by atoms with Gasteiger partial charge < -0.3 is 5.32 Å². The number of rotatable bonds is 5. The van der Waals surface area contributed by atoms with Crippen LogP contribution in [0.1, 0.15) is 13.3 Å². The van der Waals surface area contributed by atoms with Gasteiger partial charge >= 0.3 is 0 Å². The molecule has 0 fully saturated rings. The second-order valence-corrected chi connectivity index (χ2v) is 5.83. The van der Waals surface area contributed by atoms with Crippen LogP contribution in [-0.2, 0) is 9.84 Å². The van der Waals surface area contributed by atoms with Crippen LogP contribution in [-0.4, -0.2) is 26.1 Å². The predicted molar refractivity (Wildman–Crippen MR) is 72.8 cm³/mol. The lowest BCUT2D eigenvalue weighted by molar-refractivity contribution is -0.384. The van der Waals surface area contributed by atoms with Crippen LogP contribution in [0.25, 0.3) is 0 Å². The zero-order chi connectivity index (χ0) is 14.5. The van der Waals surface area contributed by atoms with Gasteiger partial charge in [-0.3, -0.25) is 10.1 Å². The van der Waals surface area contributed by atoms with Crippen molar-refractivity contribution in [3.63, 3.8) is 0 Å². The third-order valence-corrected chi connectivity index (χ3v) is 3.45. The van der Waals surface area contributed by atoms with Gasteiger partial charge in [-0.25, -0.2) is 8.42 Å². The summed E-state index contributed by atoms with van der Waals surface area (Å²) in [7, 11) is -3.46. The number of sulfone groups is 1.